The maximum atomic E-state index is 12.4. The molecule has 2 atom stereocenters. The number of amides is 2. The van der Waals surface area contributed by atoms with E-state index < -0.39 is 11.9 Å². The molecule has 3 N–H and O–H groups in total. The van der Waals surface area contributed by atoms with Gasteiger partial charge in [0.05, 0.1) is 13.7 Å². The number of methoxy groups -OCH3 is 1. The lowest BCUT2D eigenvalue weighted by molar-refractivity contribution is -0.120. The fraction of sp³-hybridized carbons (Fsp3) is 0.579. The van der Waals surface area contributed by atoms with E-state index in [1.54, 1.807) is 18.2 Å². The summed E-state index contributed by atoms with van der Waals surface area (Å²) in [6.45, 7) is 8.65. The van der Waals surface area contributed by atoms with Gasteiger partial charge in [-0.25, -0.2) is 0 Å². The van der Waals surface area contributed by atoms with E-state index in [1.807, 2.05) is 13.8 Å². The first-order chi connectivity index (χ1) is 11.8. The zero-order valence-electron chi connectivity index (χ0n) is 15.8. The zero-order chi connectivity index (χ0) is 19.0. The van der Waals surface area contributed by atoms with Gasteiger partial charge in [-0.05, 0) is 36.5 Å². The Morgan fingerprint density at radius 3 is 2.40 bits per heavy atom. The van der Waals surface area contributed by atoms with Crippen molar-refractivity contribution >= 4 is 11.8 Å². The average Bonchev–Trinajstić information content (AvgIpc) is 2.58. The summed E-state index contributed by atoms with van der Waals surface area (Å²) in [4.78, 5) is 24.0. The fourth-order valence-corrected chi connectivity index (χ4v) is 2.29. The molecule has 6 heteroatoms. The highest BCUT2D eigenvalue weighted by atomic mass is 16.5. The van der Waals surface area contributed by atoms with E-state index >= 15 is 0 Å². The molecular weight excluding hydrogens is 320 g/mol. The first kappa shape index (κ1) is 20.8. The monoisotopic (exact) mass is 350 g/mol. The molecule has 0 aliphatic carbocycles. The molecule has 1 rings (SSSR count). The minimum Gasteiger partial charge on any atom is -0.493 e. The van der Waals surface area contributed by atoms with E-state index in [0.717, 1.165) is 12.8 Å². The summed E-state index contributed by atoms with van der Waals surface area (Å²) in [5.74, 6) is 0.674. The number of nitrogens with one attached hydrogen (secondary N) is 1. The molecule has 1 aromatic carbocycles. The van der Waals surface area contributed by atoms with Crippen LogP contribution in [0.4, 0.5) is 0 Å². The van der Waals surface area contributed by atoms with Crippen LogP contribution in [0.15, 0.2) is 18.2 Å². The van der Waals surface area contributed by atoms with Gasteiger partial charge in [-0.2, -0.15) is 0 Å². The topological polar surface area (TPSA) is 90.7 Å². The summed E-state index contributed by atoms with van der Waals surface area (Å²) < 4.78 is 11.0. The Hall–Kier alpha value is -2.24. The Bertz CT molecular complexity index is 587. The molecule has 2 amide bonds. The van der Waals surface area contributed by atoms with Crippen molar-refractivity contribution in [1.29, 1.82) is 0 Å². The van der Waals surface area contributed by atoms with Crippen molar-refractivity contribution in [2.75, 3.05) is 13.7 Å². The van der Waals surface area contributed by atoms with Crippen LogP contribution < -0.4 is 20.5 Å². The van der Waals surface area contributed by atoms with E-state index in [0.29, 0.717) is 29.6 Å². The highest BCUT2D eigenvalue weighted by Gasteiger charge is 2.24. The second-order valence-corrected chi connectivity index (χ2v) is 6.64. The van der Waals surface area contributed by atoms with Crippen molar-refractivity contribution in [3.8, 4) is 11.5 Å². The molecular formula is C19H30N2O4. The second kappa shape index (κ2) is 9.91. The summed E-state index contributed by atoms with van der Waals surface area (Å²) in [7, 11) is 1.53. The van der Waals surface area contributed by atoms with E-state index in [4.69, 9.17) is 15.2 Å². The van der Waals surface area contributed by atoms with Gasteiger partial charge in [0.1, 0.15) is 6.04 Å². The van der Waals surface area contributed by atoms with Crippen LogP contribution in [0.1, 0.15) is 50.9 Å². The number of hydrogen-bond acceptors (Lipinski definition) is 4. The normalized spacial score (nSPS) is 13.2. The van der Waals surface area contributed by atoms with Gasteiger partial charge >= 0.3 is 0 Å². The molecule has 0 spiro atoms. The van der Waals surface area contributed by atoms with Crippen LogP contribution in [0.3, 0.4) is 0 Å². The molecule has 0 heterocycles. The Labute approximate surface area is 150 Å². The number of carbonyl (C=O) groups excluding carboxylic acids is 2. The molecule has 0 aromatic heterocycles. The predicted molar refractivity (Wildman–Crippen MR) is 97.8 cm³/mol. The number of hydrogen-bond donors (Lipinski definition) is 2. The summed E-state index contributed by atoms with van der Waals surface area (Å²) in [6.07, 6.45) is 1.67. The van der Waals surface area contributed by atoms with Crippen molar-refractivity contribution in [2.45, 2.75) is 46.6 Å². The summed E-state index contributed by atoms with van der Waals surface area (Å²) >= 11 is 0. The number of nitrogens with two attached hydrogens (primary N) is 1. The zero-order valence-corrected chi connectivity index (χ0v) is 15.8. The third kappa shape index (κ3) is 6.29. The first-order valence-corrected chi connectivity index (χ1v) is 8.71. The van der Waals surface area contributed by atoms with Gasteiger partial charge in [-0.15, -0.1) is 0 Å². The Balaban J connectivity index is 2.87. The van der Waals surface area contributed by atoms with Gasteiger partial charge < -0.3 is 20.5 Å². The SMILES string of the molecule is CCC(C)C(NC(=O)c1ccc(OCCC(C)C)c(OC)c1)C(N)=O. The van der Waals surface area contributed by atoms with Gasteiger partial charge in [-0.3, -0.25) is 9.59 Å². The first-order valence-electron chi connectivity index (χ1n) is 8.71. The standard InChI is InChI=1S/C19H30N2O4/c1-6-13(4)17(18(20)22)21-19(23)14-7-8-15(16(11-14)24-5)25-10-9-12(2)3/h7-8,11-13,17H,6,9-10H2,1-5H3,(H2,20,22)(H,21,23). The molecule has 0 fully saturated rings. The number of benzene rings is 1. The molecule has 0 aliphatic heterocycles. The van der Waals surface area contributed by atoms with Gasteiger partial charge in [0.25, 0.3) is 5.91 Å². The molecule has 0 saturated heterocycles. The largest absolute Gasteiger partial charge is 0.493 e. The Kier molecular flexibility index (Phi) is 8.25. The predicted octanol–water partition coefficient (Wildman–Crippen LogP) is 2.75. The second-order valence-electron chi connectivity index (χ2n) is 6.64. The van der Waals surface area contributed by atoms with E-state index in [1.165, 1.54) is 7.11 Å². The molecule has 0 bridgehead atoms. The maximum absolute atomic E-state index is 12.4. The van der Waals surface area contributed by atoms with Crippen LogP contribution in [-0.4, -0.2) is 31.6 Å². The lowest BCUT2D eigenvalue weighted by Gasteiger charge is -2.21. The van der Waals surface area contributed by atoms with Crippen LogP contribution in [0.25, 0.3) is 0 Å². The lowest BCUT2D eigenvalue weighted by Crippen LogP contribution is -2.48. The van der Waals surface area contributed by atoms with Crippen LogP contribution in [-0.2, 0) is 4.79 Å². The van der Waals surface area contributed by atoms with Crippen LogP contribution >= 0.6 is 0 Å². The molecule has 0 aliphatic rings. The number of primary amides is 1. The number of ether oxygens (including phenoxy) is 2. The third-order valence-electron chi connectivity index (χ3n) is 4.18. The van der Waals surface area contributed by atoms with Crippen molar-refractivity contribution in [3.63, 3.8) is 0 Å². The lowest BCUT2D eigenvalue weighted by atomic mass is 9.98. The summed E-state index contributed by atoms with van der Waals surface area (Å²) in [6, 6.07) is 4.26. The summed E-state index contributed by atoms with van der Waals surface area (Å²) in [5.41, 5.74) is 5.79. The van der Waals surface area contributed by atoms with Crippen LogP contribution in [0, 0.1) is 11.8 Å². The maximum Gasteiger partial charge on any atom is 0.252 e. The van der Waals surface area contributed by atoms with Crippen molar-refractivity contribution in [3.05, 3.63) is 23.8 Å². The van der Waals surface area contributed by atoms with Crippen molar-refractivity contribution in [1.82, 2.24) is 5.32 Å². The highest BCUT2D eigenvalue weighted by molar-refractivity contribution is 5.97. The minimum atomic E-state index is -0.703. The van der Waals surface area contributed by atoms with Crippen LogP contribution in [0.2, 0.25) is 0 Å². The molecule has 1 aromatic rings. The van der Waals surface area contributed by atoms with Gasteiger partial charge in [0.2, 0.25) is 5.91 Å². The van der Waals surface area contributed by atoms with Gasteiger partial charge in [0.15, 0.2) is 11.5 Å². The quantitative estimate of drug-likeness (QED) is 0.679. The average molecular weight is 350 g/mol. The third-order valence-corrected chi connectivity index (χ3v) is 4.18. The highest BCUT2D eigenvalue weighted by Crippen LogP contribution is 2.28. The van der Waals surface area contributed by atoms with E-state index in [9.17, 15) is 9.59 Å². The summed E-state index contributed by atoms with van der Waals surface area (Å²) in [5, 5.41) is 2.70. The van der Waals surface area contributed by atoms with Gasteiger partial charge in [0, 0.05) is 5.56 Å². The minimum absolute atomic E-state index is 0.0398. The van der Waals surface area contributed by atoms with E-state index in [-0.39, 0.29) is 11.8 Å². The van der Waals surface area contributed by atoms with Crippen molar-refractivity contribution in [2.24, 2.45) is 17.6 Å². The van der Waals surface area contributed by atoms with Crippen molar-refractivity contribution < 1.29 is 19.1 Å². The molecule has 2 unspecified atom stereocenters. The fourth-order valence-electron chi connectivity index (χ4n) is 2.29. The molecule has 6 nitrogen and oxygen atoms in total. The van der Waals surface area contributed by atoms with E-state index in [2.05, 4.69) is 19.2 Å². The molecule has 0 radical (unpaired) electrons. The van der Waals surface area contributed by atoms with Crippen LogP contribution in [0.5, 0.6) is 11.5 Å². The smallest absolute Gasteiger partial charge is 0.252 e. The molecule has 0 saturated carbocycles. The Morgan fingerprint density at radius 2 is 1.88 bits per heavy atom. The van der Waals surface area contributed by atoms with Gasteiger partial charge in [-0.1, -0.05) is 34.1 Å². The number of rotatable bonds is 10. The molecule has 140 valence electrons. The number of carbonyl (C=O) groups is 2. The Morgan fingerprint density at radius 1 is 1.20 bits per heavy atom. The molecule has 25 heavy (non-hydrogen) atoms.